The van der Waals surface area contributed by atoms with Crippen molar-refractivity contribution in [2.75, 3.05) is 11.9 Å². The van der Waals surface area contributed by atoms with Gasteiger partial charge in [0.05, 0.1) is 10.8 Å². The number of anilines is 1. The molecule has 138 valence electrons. The number of rotatable bonds is 5. The number of nitrogens with zero attached hydrogens (tertiary/aromatic N) is 1. The maximum atomic E-state index is 12.6. The zero-order valence-corrected chi connectivity index (χ0v) is 14.4. The molecule has 7 nitrogen and oxygen atoms in total. The zero-order chi connectivity index (χ0) is 18.3. The minimum atomic E-state index is -0.559. The largest absolute Gasteiger partial charge is 0.455 e. The van der Waals surface area contributed by atoms with Crippen molar-refractivity contribution >= 4 is 23.3 Å². The topological polar surface area (TPSA) is 98.5 Å². The molecule has 4 fully saturated rings. The molecule has 0 radical (unpaired) electrons. The lowest BCUT2D eigenvalue weighted by atomic mass is 9.52. The van der Waals surface area contributed by atoms with E-state index in [2.05, 4.69) is 5.32 Å². The summed E-state index contributed by atoms with van der Waals surface area (Å²) in [6.45, 7) is -0.409. The lowest BCUT2D eigenvalue weighted by Crippen LogP contribution is -2.48. The number of nitrogens with one attached hydrogen (secondary N) is 1. The van der Waals surface area contributed by atoms with E-state index in [1.807, 2.05) is 0 Å². The summed E-state index contributed by atoms with van der Waals surface area (Å²) in [7, 11) is 0. The molecule has 4 saturated carbocycles. The van der Waals surface area contributed by atoms with Gasteiger partial charge in [0, 0.05) is 6.07 Å². The number of para-hydroxylation sites is 2. The number of amides is 1. The number of ether oxygens (including phenoxy) is 1. The maximum absolute atomic E-state index is 12.6. The summed E-state index contributed by atoms with van der Waals surface area (Å²) < 4.78 is 5.28. The minimum absolute atomic E-state index is 0.0818. The smallest absolute Gasteiger partial charge is 0.310 e. The van der Waals surface area contributed by atoms with E-state index in [9.17, 15) is 19.7 Å². The Labute approximate surface area is 151 Å². The van der Waals surface area contributed by atoms with Crippen molar-refractivity contribution in [3.05, 3.63) is 34.4 Å². The lowest BCUT2D eigenvalue weighted by Gasteiger charge is -2.53. The number of benzene rings is 1. The molecule has 4 aliphatic rings. The summed E-state index contributed by atoms with van der Waals surface area (Å²) in [5.41, 5.74) is -0.0820. The number of hydrogen-bond donors (Lipinski definition) is 1. The third-order valence-corrected chi connectivity index (χ3v) is 6.22. The molecule has 0 saturated heterocycles. The van der Waals surface area contributed by atoms with Gasteiger partial charge < -0.3 is 10.1 Å². The predicted molar refractivity (Wildman–Crippen MR) is 93.2 cm³/mol. The number of esters is 1. The summed E-state index contributed by atoms with van der Waals surface area (Å²) in [6, 6.07) is 5.90. The molecule has 0 aliphatic heterocycles. The van der Waals surface area contributed by atoms with Gasteiger partial charge in [-0.1, -0.05) is 12.1 Å². The third-order valence-electron chi connectivity index (χ3n) is 6.22. The lowest BCUT2D eigenvalue weighted by molar-refractivity contribution is -0.383. The van der Waals surface area contributed by atoms with Gasteiger partial charge in [-0.25, -0.2) is 0 Å². The number of carbonyl (C=O) groups excluding carboxylic acids is 2. The third kappa shape index (κ3) is 3.18. The van der Waals surface area contributed by atoms with Crippen LogP contribution in [0.25, 0.3) is 0 Å². The normalized spacial score (nSPS) is 31.5. The van der Waals surface area contributed by atoms with Crippen LogP contribution in [-0.4, -0.2) is 23.4 Å². The van der Waals surface area contributed by atoms with Crippen LogP contribution in [0.2, 0.25) is 0 Å². The molecule has 1 N–H and O–H groups in total. The number of nitro benzene ring substituents is 1. The number of carbonyl (C=O) groups is 2. The highest BCUT2D eigenvalue weighted by Gasteiger charge is 2.51. The van der Waals surface area contributed by atoms with E-state index in [0.29, 0.717) is 11.8 Å². The van der Waals surface area contributed by atoms with Crippen LogP contribution in [0.3, 0.4) is 0 Å². The molecule has 0 aromatic heterocycles. The second-order valence-corrected chi connectivity index (χ2v) is 7.89. The van der Waals surface area contributed by atoms with Gasteiger partial charge in [-0.2, -0.15) is 0 Å². The Kier molecular flexibility index (Phi) is 4.38. The Morgan fingerprint density at radius 1 is 1.08 bits per heavy atom. The molecule has 4 bridgehead atoms. The molecular formula is C19H22N2O5. The van der Waals surface area contributed by atoms with Gasteiger partial charge in [-0.3, -0.25) is 19.7 Å². The van der Waals surface area contributed by atoms with Crippen molar-refractivity contribution in [3.63, 3.8) is 0 Å². The second kappa shape index (κ2) is 6.70. The highest BCUT2D eigenvalue weighted by atomic mass is 16.6. The predicted octanol–water partition coefficient (Wildman–Crippen LogP) is 3.15. The van der Waals surface area contributed by atoms with Crippen LogP contribution >= 0.6 is 0 Å². The van der Waals surface area contributed by atoms with Crippen LogP contribution in [0.5, 0.6) is 0 Å². The van der Waals surface area contributed by atoms with Crippen LogP contribution < -0.4 is 5.32 Å². The SMILES string of the molecule is O=C(COC(=O)C1C2CC3CC(C2)CC1C3)Nc1ccccc1[N+](=O)[O-]. The Morgan fingerprint density at radius 3 is 2.31 bits per heavy atom. The molecular weight excluding hydrogens is 336 g/mol. The second-order valence-electron chi connectivity index (χ2n) is 7.89. The molecule has 1 aromatic rings. The van der Waals surface area contributed by atoms with Crippen LogP contribution in [-0.2, 0) is 14.3 Å². The first-order valence-corrected chi connectivity index (χ1v) is 9.21. The average molecular weight is 358 g/mol. The Morgan fingerprint density at radius 2 is 1.69 bits per heavy atom. The van der Waals surface area contributed by atoms with Gasteiger partial charge in [0.15, 0.2) is 6.61 Å². The fraction of sp³-hybridized carbons (Fsp3) is 0.579. The van der Waals surface area contributed by atoms with Crippen molar-refractivity contribution < 1.29 is 19.2 Å². The van der Waals surface area contributed by atoms with Crippen LogP contribution in [0.15, 0.2) is 24.3 Å². The van der Waals surface area contributed by atoms with Gasteiger partial charge >= 0.3 is 5.97 Å². The summed E-state index contributed by atoms with van der Waals surface area (Å²) in [4.78, 5) is 35.1. The molecule has 1 aromatic carbocycles. The molecule has 0 heterocycles. The fourth-order valence-corrected chi connectivity index (χ4v) is 5.47. The highest BCUT2D eigenvalue weighted by molar-refractivity contribution is 5.94. The Bertz CT molecular complexity index is 719. The van der Waals surface area contributed by atoms with Crippen molar-refractivity contribution in [1.82, 2.24) is 0 Å². The molecule has 5 rings (SSSR count). The molecule has 4 aliphatic carbocycles. The molecule has 1 amide bonds. The molecule has 0 unspecified atom stereocenters. The number of hydrogen-bond acceptors (Lipinski definition) is 5. The summed E-state index contributed by atoms with van der Waals surface area (Å²) >= 11 is 0. The molecule has 0 atom stereocenters. The van der Waals surface area contributed by atoms with Crippen molar-refractivity contribution in [3.8, 4) is 0 Å². The van der Waals surface area contributed by atoms with Gasteiger partial charge in [0.2, 0.25) is 0 Å². The molecule has 7 heteroatoms. The van der Waals surface area contributed by atoms with Gasteiger partial charge in [0.1, 0.15) is 5.69 Å². The van der Waals surface area contributed by atoms with E-state index in [1.54, 1.807) is 6.07 Å². The quantitative estimate of drug-likeness (QED) is 0.495. The van der Waals surface area contributed by atoms with Gasteiger partial charge in [-0.05, 0) is 61.8 Å². The first kappa shape index (κ1) is 17.0. The first-order valence-electron chi connectivity index (χ1n) is 9.21. The van der Waals surface area contributed by atoms with Crippen LogP contribution in [0.1, 0.15) is 32.1 Å². The molecule has 26 heavy (non-hydrogen) atoms. The Balaban J connectivity index is 1.34. The summed E-state index contributed by atoms with van der Waals surface area (Å²) in [5, 5.41) is 13.4. The monoisotopic (exact) mass is 358 g/mol. The number of nitro groups is 1. The standard InChI is InChI=1S/C19H22N2O5/c22-17(20-15-3-1-2-4-16(15)21(24)25)10-26-19(23)18-13-6-11-5-12(8-13)9-14(18)7-11/h1-4,11-14,18H,5-10H2,(H,20,22). The minimum Gasteiger partial charge on any atom is -0.455 e. The summed E-state index contributed by atoms with van der Waals surface area (Å²) in [5.74, 6) is 1.41. The van der Waals surface area contributed by atoms with E-state index in [-0.39, 0.29) is 23.3 Å². The summed E-state index contributed by atoms with van der Waals surface area (Å²) in [6.07, 6.45) is 5.74. The molecule has 0 spiro atoms. The highest BCUT2D eigenvalue weighted by Crippen LogP contribution is 2.56. The van der Waals surface area contributed by atoms with Crippen molar-refractivity contribution in [2.24, 2.45) is 29.6 Å². The van der Waals surface area contributed by atoms with E-state index in [1.165, 1.54) is 24.6 Å². The zero-order valence-electron chi connectivity index (χ0n) is 14.4. The van der Waals surface area contributed by atoms with Crippen molar-refractivity contribution in [2.45, 2.75) is 32.1 Å². The Hall–Kier alpha value is -2.44. The van der Waals surface area contributed by atoms with Gasteiger partial charge in [-0.15, -0.1) is 0 Å². The van der Waals surface area contributed by atoms with Gasteiger partial charge in [0.25, 0.3) is 11.6 Å². The van der Waals surface area contributed by atoms with Crippen LogP contribution in [0, 0.1) is 39.7 Å². The van der Waals surface area contributed by atoms with E-state index >= 15 is 0 Å². The van der Waals surface area contributed by atoms with E-state index < -0.39 is 17.4 Å². The fourth-order valence-electron chi connectivity index (χ4n) is 5.47. The van der Waals surface area contributed by atoms with Crippen LogP contribution in [0.4, 0.5) is 11.4 Å². The first-order chi connectivity index (χ1) is 12.5. The van der Waals surface area contributed by atoms with E-state index in [4.69, 9.17) is 4.74 Å². The van der Waals surface area contributed by atoms with E-state index in [0.717, 1.165) is 37.5 Å². The maximum Gasteiger partial charge on any atom is 0.310 e. The average Bonchev–Trinajstić information content (AvgIpc) is 2.59. The van der Waals surface area contributed by atoms with Crippen molar-refractivity contribution in [1.29, 1.82) is 0 Å².